The highest BCUT2D eigenvalue weighted by atomic mass is 35.5. The van der Waals surface area contributed by atoms with Crippen molar-refractivity contribution in [2.45, 2.75) is 38.0 Å². The molecule has 0 aliphatic heterocycles. The number of halogens is 1. The lowest BCUT2D eigenvalue weighted by Gasteiger charge is -2.27. The summed E-state index contributed by atoms with van der Waals surface area (Å²) in [6, 6.07) is 8.79. The molecule has 0 spiro atoms. The first-order valence-electron chi connectivity index (χ1n) is 6.93. The number of hydrogen-bond donors (Lipinski definition) is 2. The van der Waals surface area contributed by atoms with Gasteiger partial charge in [0.15, 0.2) is 0 Å². The Morgan fingerprint density at radius 2 is 2.21 bits per heavy atom. The Morgan fingerprint density at radius 1 is 1.47 bits per heavy atom. The van der Waals surface area contributed by atoms with Crippen molar-refractivity contribution < 1.29 is 5.11 Å². The van der Waals surface area contributed by atoms with Crippen LogP contribution in [0.2, 0.25) is 5.02 Å². The average Bonchev–Trinajstić information content (AvgIpc) is 3.19. The Balaban J connectivity index is 1.81. The fraction of sp³-hybridized carbons (Fsp3) is 0.600. The summed E-state index contributed by atoms with van der Waals surface area (Å²) >= 11 is 6.01. The zero-order chi connectivity index (χ0) is 13.8. The van der Waals surface area contributed by atoms with E-state index in [1.807, 2.05) is 25.2 Å². The maximum Gasteiger partial charge on any atom is 0.0791 e. The molecule has 19 heavy (non-hydrogen) atoms. The maximum atomic E-state index is 10.0. The molecule has 1 aromatic carbocycles. The topological polar surface area (TPSA) is 35.5 Å². The number of nitrogens with zero attached hydrogens (tertiary/aromatic N) is 1. The Labute approximate surface area is 120 Å². The van der Waals surface area contributed by atoms with Gasteiger partial charge in [0.2, 0.25) is 0 Å². The minimum Gasteiger partial charge on any atom is -0.390 e. The first-order valence-corrected chi connectivity index (χ1v) is 7.31. The number of likely N-dealkylation sites (N-methyl/N-ethyl adjacent to an activating group) is 1. The lowest BCUT2D eigenvalue weighted by molar-refractivity contribution is 0.106. The molecule has 2 unspecified atom stereocenters. The van der Waals surface area contributed by atoms with Gasteiger partial charge in [-0.15, -0.1) is 0 Å². The van der Waals surface area contributed by atoms with Crippen LogP contribution in [0.4, 0.5) is 0 Å². The van der Waals surface area contributed by atoms with Gasteiger partial charge in [-0.3, -0.25) is 4.90 Å². The van der Waals surface area contributed by atoms with Crippen LogP contribution in [0.1, 0.15) is 31.4 Å². The molecule has 1 saturated carbocycles. The minimum absolute atomic E-state index is 0.245. The quantitative estimate of drug-likeness (QED) is 0.806. The molecule has 1 aromatic rings. The molecule has 4 heteroatoms. The molecule has 0 amide bonds. The summed E-state index contributed by atoms with van der Waals surface area (Å²) in [7, 11) is 2.03. The SMILES string of the molecule is CC(c1cccc(Cl)c1)N(C)CC(O)CNC1CC1. The van der Waals surface area contributed by atoms with Crippen molar-refractivity contribution in [2.75, 3.05) is 20.1 Å². The van der Waals surface area contributed by atoms with Crippen LogP contribution in [0.5, 0.6) is 0 Å². The number of aliphatic hydroxyl groups is 1. The van der Waals surface area contributed by atoms with Gasteiger partial charge in [0.05, 0.1) is 6.10 Å². The summed E-state index contributed by atoms with van der Waals surface area (Å²) in [5.74, 6) is 0. The van der Waals surface area contributed by atoms with Crippen LogP contribution in [0.15, 0.2) is 24.3 Å². The van der Waals surface area contributed by atoms with Crippen molar-refractivity contribution in [3.8, 4) is 0 Å². The molecule has 2 atom stereocenters. The summed E-state index contributed by atoms with van der Waals surface area (Å²) < 4.78 is 0. The molecule has 0 heterocycles. The number of hydrogen-bond acceptors (Lipinski definition) is 3. The van der Waals surface area contributed by atoms with E-state index in [9.17, 15) is 5.11 Å². The van der Waals surface area contributed by atoms with Crippen LogP contribution in [0.25, 0.3) is 0 Å². The molecule has 2 N–H and O–H groups in total. The molecule has 2 rings (SSSR count). The second-order valence-corrected chi connectivity index (χ2v) is 5.94. The van der Waals surface area contributed by atoms with Gasteiger partial charge in [-0.05, 0) is 44.5 Å². The van der Waals surface area contributed by atoms with E-state index in [2.05, 4.69) is 23.2 Å². The van der Waals surface area contributed by atoms with Crippen LogP contribution in [-0.2, 0) is 0 Å². The fourth-order valence-corrected chi connectivity index (χ4v) is 2.36. The average molecular weight is 283 g/mol. The van der Waals surface area contributed by atoms with E-state index >= 15 is 0 Å². The molecule has 106 valence electrons. The summed E-state index contributed by atoms with van der Waals surface area (Å²) in [5, 5.41) is 14.1. The van der Waals surface area contributed by atoms with E-state index in [-0.39, 0.29) is 12.1 Å². The fourth-order valence-electron chi connectivity index (χ4n) is 2.17. The van der Waals surface area contributed by atoms with Crippen LogP contribution in [0, 0.1) is 0 Å². The Morgan fingerprint density at radius 3 is 2.84 bits per heavy atom. The van der Waals surface area contributed by atoms with E-state index in [4.69, 9.17) is 11.6 Å². The van der Waals surface area contributed by atoms with E-state index in [0.717, 1.165) is 5.02 Å². The smallest absolute Gasteiger partial charge is 0.0791 e. The lowest BCUT2D eigenvalue weighted by atomic mass is 10.1. The van der Waals surface area contributed by atoms with Crippen LogP contribution >= 0.6 is 11.6 Å². The Bertz CT molecular complexity index is 409. The summed E-state index contributed by atoms with van der Waals surface area (Å²) in [6.45, 7) is 3.47. The van der Waals surface area contributed by atoms with Crippen molar-refractivity contribution in [1.82, 2.24) is 10.2 Å². The minimum atomic E-state index is -0.327. The van der Waals surface area contributed by atoms with Gasteiger partial charge in [0.25, 0.3) is 0 Å². The molecule has 3 nitrogen and oxygen atoms in total. The van der Waals surface area contributed by atoms with Crippen molar-refractivity contribution >= 4 is 11.6 Å². The first-order chi connectivity index (χ1) is 9.06. The number of aliphatic hydroxyl groups excluding tert-OH is 1. The van der Waals surface area contributed by atoms with Crippen LogP contribution in [-0.4, -0.2) is 42.3 Å². The van der Waals surface area contributed by atoms with Gasteiger partial charge in [-0.2, -0.15) is 0 Å². The van der Waals surface area contributed by atoms with Gasteiger partial charge >= 0.3 is 0 Å². The molecule has 1 aliphatic rings. The lowest BCUT2D eigenvalue weighted by Crippen LogP contribution is -2.38. The molecular weight excluding hydrogens is 260 g/mol. The Hall–Kier alpha value is -0.610. The Kier molecular flexibility index (Phi) is 5.22. The summed E-state index contributed by atoms with van der Waals surface area (Å²) in [5.41, 5.74) is 1.18. The zero-order valence-corrected chi connectivity index (χ0v) is 12.4. The highest BCUT2D eigenvalue weighted by Gasteiger charge is 2.22. The normalized spacial score (nSPS) is 18.6. The van der Waals surface area contributed by atoms with Crippen LogP contribution < -0.4 is 5.32 Å². The second kappa shape index (κ2) is 6.71. The highest BCUT2D eigenvalue weighted by Crippen LogP contribution is 2.22. The van der Waals surface area contributed by atoms with Crippen LogP contribution in [0.3, 0.4) is 0 Å². The predicted molar refractivity (Wildman–Crippen MR) is 79.5 cm³/mol. The molecule has 1 fully saturated rings. The number of nitrogens with one attached hydrogen (secondary N) is 1. The highest BCUT2D eigenvalue weighted by molar-refractivity contribution is 6.30. The predicted octanol–water partition coefficient (Wildman–Crippen LogP) is 2.45. The summed E-state index contributed by atoms with van der Waals surface area (Å²) in [4.78, 5) is 2.16. The van der Waals surface area contributed by atoms with Crippen molar-refractivity contribution in [1.29, 1.82) is 0 Å². The standard InChI is InChI=1S/C15H23ClN2O/c1-11(12-4-3-5-13(16)8-12)18(2)10-15(19)9-17-14-6-7-14/h3-5,8,11,14-15,17,19H,6-7,9-10H2,1-2H3. The third kappa shape index (κ3) is 4.77. The van der Waals surface area contributed by atoms with Crippen molar-refractivity contribution in [2.24, 2.45) is 0 Å². The monoisotopic (exact) mass is 282 g/mol. The first kappa shape index (κ1) is 14.8. The number of benzene rings is 1. The molecule has 0 saturated heterocycles. The number of rotatable bonds is 7. The van der Waals surface area contributed by atoms with Gasteiger partial charge in [-0.1, -0.05) is 23.7 Å². The second-order valence-electron chi connectivity index (χ2n) is 5.51. The third-order valence-electron chi connectivity index (χ3n) is 3.71. The van der Waals surface area contributed by atoms with E-state index in [1.54, 1.807) is 0 Å². The van der Waals surface area contributed by atoms with Gasteiger partial charge < -0.3 is 10.4 Å². The van der Waals surface area contributed by atoms with Crippen molar-refractivity contribution in [3.63, 3.8) is 0 Å². The van der Waals surface area contributed by atoms with E-state index in [1.165, 1.54) is 18.4 Å². The molecular formula is C15H23ClN2O. The maximum absolute atomic E-state index is 10.0. The van der Waals surface area contributed by atoms with Gasteiger partial charge in [0, 0.05) is 30.2 Å². The zero-order valence-electron chi connectivity index (χ0n) is 11.6. The van der Waals surface area contributed by atoms with Gasteiger partial charge in [0.1, 0.15) is 0 Å². The van der Waals surface area contributed by atoms with Crippen molar-refractivity contribution in [3.05, 3.63) is 34.9 Å². The van der Waals surface area contributed by atoms with E-state index in [0.29, 0.717) is 19.1 Å². The largest absolute Gasteiger partial charge is 0.390 e. The molecule has 1 aliphatic carbocycles. The summed E-state index contributed by atoms with van der Waals surface area (Å²) in [6.07, 6.45) is 2.18. The molecule has 0 bridgehead atoms. The third-order valence-corrected chi connectivity index (χ3v) is 3.95. The van der Waals surface area contributed by atoms with E-state index < -0.39 is 0 Å². The van der Waals surface area contributed by atoms with Gasteiger partial charge in [-0.25, -0.2) is 0 Å². The molecule has 0 aromatic heterocycles. The molecule has 0 radical (unpaired) electrons.